The summed E-state index contributed by atoms with van der Waals surface area (Å²) >= 11 is 0. The number of nitrogens with one attached hydrogen (secondary N) is 2. The summed E-state index contributed by atoms with van der Waals surface area (Å²) in [5, 5.41) is 24.1. The summed E-state index contributed by atoms with van der Waals surface area (Å²) in [5.74, 6) is -1.76. The molecule has 0 bridgehead atoms. The van der Waals surface area contributed by atoms with Crippen molar-refractivity contribution in [3.8, 4) is 0 Å². The number of aliphatic carboxylic acids is 2. The quantitative estimate of drug-likeness (QED) is 0.280. The van der Waals surface area contributed by atoms with Crippen LogP contribution in [-0.2, 0) is 19.2 Å². The van der Waals surface area contributed by atoms with E-state index in [1.54, 1.807) is 0 Å². The van der Waals surface area contributed by atoms with Crippen LogP contribution in [0.5, 0.6) is 0 Å². The van der Waals surface area contributed by atoms with Gasteiger partial charge in [-0.25, -0.2) is 0 Å². The molecule has 32 heavy (non-hydrogen) atoms. The van der Waals surface area contributed by atoms with E-state index in [4.69, 9.17) is 10.2 Å². The predicted octanol–water partition coefficient (Wildman–Crippen LogP) is 3.63. The lowest BCUT2D eigenvalue weighted by atomic mass is 9.79. The SMILES string of the molecule is O=C(O)CC1(CC(=O)NCCCCCCNC(=O)CC2(CC(=O)O)CCCC2)CCCC1. The maximum absolute atomic E-state index is 12.2. The van der Waals surface area contributed by atoms with Crippen molar-refractivity contribution < 1.29 is 29.4 Å². The molecular formula is C24H40N2O6. The van der Waals surface area contributed by atoms with Gasteiger partial charge in [-0.15, -0.1) is 0 Å². The number of carbonyl (C=O) groups excluding carboxylic acids is 2. The van der Waals surface area contributed by atoms with E-state index in [0.717, 1.165) is 77.0 Å². The molecule has 0 unspecified atom stereocenters. The van der Waals surface area contributed by atoms with Gasteiger partial charge in [0.15, 0.2) is 0 Å². The average Bonchev–Trinajstić information content (AvgIpc) is 3.32. The van der Waals surface area contributed by atoms with E-state index in [9.17, 15) is 19.2 Å². The molecule has 0 aromatic rings. The van der Waals surface area contributed by atoms with E-state index in [1.165, 1.54) is 0 Å². The zero-order valence-electron chi connectivity index (χ0n) is 19.3. The largest absolute Gasteiger partial charge is 0.481 e. The summed E-state index contributed by atoms with van der Waals surface area (Å²) in [6.07, 6.45) is 11.6. The highest BCUT2D eigenvalue weighted by atomic mass is 16.4. The Morgan fingerprint density at radius 1 is 0.562 bits per heavy atom. The lowest BCUT2D eigenvalue weighted by Gasteiger charge is -2.26. The third kappa shape index (κ3) is 9.17. The second-order valence-corrected chi connectivity index (χ2v) is 10.0. The highest BCUT2D eigenvalue weighted by Gasteiger charge is 2.38. The lowest BCUT2D eigenvalue weighted by Crippen LogP contribution is -2.32. The van der Waals surface area contributed by atoms with Crippen molar-refractivity contribution in [1.82, 2.24) is 10.6 Å². The number of hydrogen-bond acceptors (Lipinski definition) is 4. The number of carboxylic acids is 2. The van der Waals surface area contributed by atoms with E-state index in [2.05, 4.69) is 10.6 Å². The van der Waals surface area contributed by atoms with Gasteiger partial charge in [-0.1, -0.05) is 38.5 Å². The van der Waals surface area contributed by atoms with Crippen LogP contribution >= 0.6 is 0 Å². The molecule has 0 aromatic heterocycles. The number of hydrogen-bond donors (Lipinski definition) is 4. The topological polar surface area (TPSA) is 133 Å². The molecule has 0 aromatic carbocycles. The summed E-state index contributed by atoms with van der Waals surface area (Å²) < 4.78 is 0. The molecule has 4 N–H and O–H groups in total. The molecule has 182 valence electrons. The Hall–Kier alpha value is -2.12. The minimum atomic E-state index is -0.827. The van der Waals surface area contributed by atoms with Gasteiger partial charge in [0.05, 0.1) is 12.8 Å². The standard InChI is InChI=1S/C24H40N2O6/c27-19(15-23(17-21(29)30)9-3-4-10-23)25-13-7-1-2-8-14-26-20(28)16-24(18-22(31)32)11-5-6-12-24/h1-18H2,(H,25,27)(H,26,28)(H,29,30)(H,31,32). The number of rotatable bonds is 15. The lowest BCUT2D eigenvalue weighted by molar-refractivity contribution is -0.141. The summed E-state index contributed by atoms with van der Waals surface area (Å²) in [5.41, 5.74) is -0.731. The van der Waals surface area contributed by atoms with E-state index in [-0.39, 0.29) is 35.5 Å². The highest BCUT2D eigenvalue weighted by molar-refractivity contribution is 5.78. The van der Waals surface area contributed by atoms with Crippen molar-refractivity contribution in [2.24, 2.45) is 10.8 Å². The van der Waals surface area contributed by atoms with Gasteiger partial charge in [0.1, 0.15) is 0 Å². The Bertz CT molecular complexity index is 595. The van der Waals surface area contributed by atoms with Gasteiger partial charge in [-0.2, -0.15) is 0 Å². The molecule has 0 spiro atoms. The second-order valence-electron chi connectivity index (χ2n) is 10.0. The molecule has 0 radical (unpaired) electrons. The molecule has 0 atom stereocenters. The van der Waals surface area contributed by atoms with E-state index in [1.807, 2.05) is 0 Å². The van der Waals surface area contributed by atoms with Gasteiger partial charge < -0.3 is 20.8 Å². The van der Waals surface area contributed by atoms with Gasteiger partial charge in [0.25, 0.3) is 0 Å². The van der Waals surface area contributed by atoms with E-state index >= 15 is 0 Å². The summed E-state index contributed by atoms with van der Waals surface area (Å²) in [6.45, 7) is 1.18. The fourth-order valence-corrected chi connectivity index (χ4v) is 5.59. The van der Waals surface area contributed by atoms with Crippen LogP contribution in [0.15, 0.2) is 0 Å². The van der Waals surface area contributed by atoms with Gasteiger partial charge in [-0.3, -0.25) is 19.2 Å². The molecule has 2 aliphatic carbocycles. The van der Waals surface area contributed by atoms with Crippen LogP contribution in [0.4, 0.5) is 0 Å². The van der Waals surface area contributed by atoms with Crippen molar-refractivity contribution in [3.63, 3.8) is 0 Å². The van der Waals surface area contributed by atoms with Gasteiger partial charge in [0.2, 0.25) is 11.8 Å². The highest BCUT2D eigenvalue weighted by Crippen LogP contribution is 2.44. The molecule has 0 aliphatic heterocycles. The Morgan fingerprint density at radius 3 is 1.22 bits per heavy atom. The normalized spacial score (nSPS) is 18.9. The second kappa shape index (κ2) is 12.8. The fourth-order valence-electron chi connectivity index (χ4n) is 5.59. The van der Waals surface area contributed by atoms with Crippen LogP contribution in [0.1, 0.15) is 103 Å². The zero-order valence-corrected chi connectivity index (χ0v) is 19.3. The molecule has 0 saturated heterocycles. The Kier molecular flexibility index (Phi) is 10.5. The molecule has 2 rings (SSSR count). The van der Waals surface area contributed by atoms with Crippen molar-refractivity contribution in [3.05, 3.63) is 0 Å². The third-order valence-electron chi connectivity index (χ3n) is 7.20. The van der Waals surface area contributed by atoms with Gasteiger partial charge >= 0.3 is 11.9 Å². The Labute approximate surface area is 190 Å². The minimum absolute atomic E-state index is 0.0531. The first-order chi connectivity index (χ1) is 15.2. The van der Waals surface area contributed by atoms with Crippen LogP contribution in [-0.4, -0.2) is 47.1 Å². The molecule has 8 nitrogen and oxygen atoms in total. The monoisotopic (exact) mass is 452 g/mol. The number of unbranched alkanes of at least 4 members (excludes halogenated alkanes) is 3. The summed E-state index contributed by atoms with van der Waals surface area (Å²) in [6, 6.07) is 0. The molecule has 2 amide bonds. The summed E-state index contributed by atoms with van der Waals surface area (Å²) in [4.78, 5) is 46.7. The summed E-state index contributed by atoms with van der Waals surface area (Å²) in [7, 11) is 0. The first kappa shape index (κ1) is 26.1. The number of amides is 2. The van der Waals surface area contributed by atoms with Crippen molar-refractivity contribution in [2.45, 2.75) is 103 Å². The van der Waals surface area contributed by atoms with Gasteiger partial charge in [0, 0.05) is 25.9 Å². The molecular weight excluding hydrogens is 412 g/mol. The predicted molar refractivity (Wildman–Crippen MR) is 120 cm³/mol. The van der Waals surface area contributed by atoms with Crippen molar-refractivity contribution in [2.75, 3.05) is 13.1 Å². The molecule has 2 fully saturated rings. The van der Waals surface area contributed by atoms with Crippen LogP contribution in [0, 0.1) is 10.8 Å². The van der Waals surface area contributed by atoms with E-state index < -0.39 is 11.9 Å². The van der Waals surface area contributed by atoms with Crippen molar-refractivity contribution in [1.29, 1.82) is 0 Å². The first-order valence-corrected chi connectivity index (χ1v) is 12.2. The molecule has 8 heteroatoms. The number of carbonyl (C=O) groups is 4. The average molecular weight is 453 g/mol. The fraction of sp³-hybridized carbons (Fsp3) is 0.833. The Balaban J connectivity index is 1.52. The van der Waals surface area contributed by atoms with Crippen LogP contribution in [0.25, 0.3) is 0 Å². The minimum Gasteiger partial charge on any atom is -0.481 e. The molecule has 0 heterocycles. The first-order valence-electron chi connectivity index (χ1n) is 12.2. The maximum atomic E-state index is 12.2. The molecule has 2 aliphatic rings. The third-order valence-corrected chi connectivity index (χ3v) is 7.20. The van der Waals surface area contributed by atoms with Crippen LogP contribution < -0.4 is 10.6 Å². The van der Waals surface area contributed by atoms with Gasteiger partial charge in [-0.05, 0) is 49.4 Å². The Morgan fingerprint density at radius 2 is 0.906 bits per heavy atom. The zero-order chi connectivity index (χ0) is 23.5. The molecule has 2 saturated carbocycles. The smallest absolute Gasteiger partial charge is 0.303 e. The number of carboxylic acid groups (broad SMARTS) is 2. The van der Waals surface area contributed by atoms with Crippen molar-refractivity contribution >= 4 is 23.8 Å². The maximum Gasteiger partial charge on any atom is 0.303 e. The van der Waals surface area contributed by atoms with Crippen LogP contribution in [0.3, 0.4) is 0 Å². The van der Waals surface area contributed by atoms with E-state index in [0.29, 0.717) is 25.9 Å². The van der Waals surface area contributed by atoms with Crippen LogP contribution in [0.2, 0.25) is 0 Å².